The minimum absolute atomic E-state index is 0.258. The summed E-state index contributed by atoms with van der Waals surface area (Å²) in [5.41, 5.74) is 4.53. The molecule has 0 unspecified atom stereocenters. The summed E-state index contributed by atoms with van der Waals surface area (Å²) in [6, 6.07) is 16.8. The molecule has 0 aliphatic carbocycles. The fourth-order valence-electron chi connectivity index (χ4n) is 2.67. The number of ether oxygens (including phenoxy) is 2. The van der Waals surface area contributed by atoms with Gasteiger partial charge in [0.25, 0.3) is 5.91 Å². The second-order valence-corrected chi connectivity index (χ2v) is 8.07. The lowest BCUT2D eigenvalue weighted by molar-refractivity contribution is 0.0954. The highest BCUT2D eigenvalue weighted by molar-refractivity contribution is 9.10. The number of rotatable bonds is 8. The molecule has 0 aliphatic rings. The van der Waals surface area contributed by atoms with Crippen molar-refractivity contribution in [3.05, 3.63) is 92.1 Å². The Morgan fingerprint density at radius 2 is 1.81 bits per heavy atom. The summed E-state index contributed by atoms with van der Waals surface area (Å²) in [6.07, 6.45) is 1.52. The molecule has 31 heavy (non-hydrogen) atoms. The quantitative estimate of drug-likeness (QED) is 0.273. The van der Waals surface area contributed by atoms with E-state index in [0.29, 0.717) is 38.2 Å². The van der Waals surface area contributed by atoms with Gasteiger partial charge in [-0.3, -0.25) is 4.79 Å². The first-order valence-electron chi connectivity index (χ1n) is 9.39. The van der Waals surface area contributed by atoms with E-state index in [4.69, 9.17) is 9.47 Å². The van der Waals surface area contributed by atoms with Crippen molar-refractivity contribution in [3.8, 4) is 11.5 Å². The van der Waals surface area contributed by atoms with Crippen LogP contribution >= 0.6 is 31.9 Å². The zero-order valence-electron chi connectivity index (χ0n) is 16.6. The molecular weight excluding hydrogens is 531 g/mol. The van der Waals surface area contributed by atoms with Crippen molar-refractivity contribution >= 4 is 44.0 Å². The molecule has 3 aromatic carbocycles. The molecule has 3 rings (SSSR count). The number of halogens is 3. The zero-order valence-corrected chi connectivity index (χ0v) is 19.7. The molecule has 160 valence electrons. The van der Waals surface area contributed by atoms with E-state index < -0.39 is 0 Å². The average molecular weight is 550 g/mol. The molecule has 0 spiro atoms. The molecule has 0 aromatic heterocycles. The van der Waals surface area contributed by atoms with Crippen molar-refractivity contribution in [3.63, 3.8) is 0 Å². The number of carbonyl (C=O) groups excluding carboxylic acids is 1. The van der Waals surface area contributed by atoms with E-state index in [-0.39, 0.29) is 18.3 Å². The van der Waals surface area contributed by atoms with Crippen LogP contribution in [0.15, 0.2) is 74.7 Å². The minimum Gasteiger partial charge on any atom is -0.490 e. The Kier molecular flexibility index (Phi) is 8.20. The van der Waals surface area contributed by atoms with Crippen LogP contribution in [0.4, 0.5) is 4.39 Å². The van der Waals surface area contributed by atoms with Crippen molar-refractivity contribution in [1.29, 1.82) is 0 Å². The molecular formula is C23H19Br2FN2O3. The van der Waals surface area contributed by atoms with Crippen LogP contribution in [0.1, 0.15) is 28.4 Å². The SMILES string of the molecule is CCOc1cc(/C=N/NC(=O)c2ccccc2Br)cc(Br)c1OCc1ccc(F)cc1. The summed E-state index contributed by atoms with van der Waals surface area (Å²) in [4.78, 5) is 12.3. The Labute approximate surface area is 196 Å². The molecule has 0 aliphatic heterocycles. The topological polar surface area (TPSA) is 59.9 Å². The van der Waals surface area contributed by atoms with E-state index in [1.54, 1.807) is 42.5 Å². The highest BCUT2D eigenvalue weighted by Gasteiger charge is 2.13. The maximum absolute atomic E-state index is 13.1. The van der Waals surface area contributed by atoms with Gasteiger partial charge in [0, 0.05) is 4.47 Å². The highest BCUT2D eigenvalue weighted by atomic mass is 79.9. The second kappa shape index (κ2) is 11.1. The predicted molar refractivity (Wildman–Crippen MR) is 125 cm³/mol. The van der Waals surface area contributed by atoms with Crippen molar-refractivity contribution in [1.82, 2.24) is 5.43 Å². The van der Waals surface area contributed by atoms with Gasteiger partial charge >= 0.3 is 0 Å². The molecule has 5 nitrogen and oxygen atoms in total. The Hall–Kier alpha value is -2.71. The van der Waals surface area contributed by atoms with E-state index in [2.05, 4.69) is 42.4 Å². The van der Waals surface area contributed by atoms with Crippen LogP contribution < -0.4 is 14.9 Å². The first kappa shape index (κ1) is 23.0. The van der Waals surface area contributed by atoms with Gasteiger partial charge in [0.2, 0.25) is 0 Å². The van der Waals surface area contributed by atoms with Crippen LogP contribution in [0, 0.1) is 5.82 Å². The van der Waals surface area contributed by atoms with E-state index in [1.807, 2.05) is 13.0 Å². The summed E-state index contributed by atoms with van der Waals surface area (Å²) >= 11 is 6.85. The number of hydrogen-bond donors (Lipinski definition) is 1. The van der Waals surface area contributed by atoms with Gasteiger partial charge in [-0.2, -0.15) is 5.10 Å². The number of nitrogens with zero attached hydrogens (tertiary/aromatic N) is 1. The van der Waals surface area contributed by atoms with Gasteiger partial charge in [-0.05, 0) is 86.3 Å². The van der Waals surface area contributed by atoms with Crippen LogP contribution in [0.2, 0.25) is 0 Å². The second-order valence-electron chi connectivity index (χ2n) is 6.36. The average Bonchev–Trinajstić information content (AvgIpc) is 2.75. The van der Waals surface area contributed by atoms with Crippen LogP contribution in [0.25, 0.3) is 0 Å². The standard InChI is InChI=1S/C23H19Br2FN2O3/c1-2-30-21-12-16(13-27-28-23(29)18-5-3-4-6-19(18)24)11-20(25)22(21)31-14-15-7-9-17(26)10-8-15/h3-13H,2,14H2,1H3,(H,28,29)/b27-13+. The predicted octanol–water partition coefficient (Wildman–Crippen LogP) is 6.09. The minimum atomic E-state index is -0.327. The Morgan fingerprint density at radius 1 is 1.06 bits per heavy atom. The summed E-state index contributed by atoms with van der Waals surface area (Å²) in [6.45, 7) is 2.57. The van der Waals surface area contributed by atoms with Crippen molar-refractivity contribution in [2.75, 3.05) is 6.61 Å². The Balaban J connectivity index is 1.73. The molecule has 1 amide bonds. The van der Waals surface area contributed by atoms with E-state index >= 15 is 0 Å². The molecule has 3 aromatic rings. The first-order valence-corrected chi connectivity index (χ1v) is 11.0. The normalized spacial score (nSPS) is 10.8. The monoisotopic (exact) mass is 548 g/mol. The lowest BCUT2D eigenvalue weighted by Crippen LogP contribution is -2.18. The van der Waals surface area contributed by atoms with Crippen molar-refractivity contribution in [2.24, 2.45) is 5.10 Å². The molecule has 1 N–H and O–H groups in total. The van der Waals surface area contributed by atoms with Gasteiger partial charge < -0.3 is 9.47 Å². The number of amides is 1. The number of hydrogen-bond acceptors (Lipinski definition) is 4. The summed E-state index contributed by atoms with van der Waals surface area (Å²) < 4.78 is 26.0. The Morgan fingerprint density at radius 3 is 2.52 bits per heavy atom. The molecule has 0 saturated heterocycles. The summed E-state index contributed by atoms with van der Waals surface area (Å²) in [7, 11) is 0. The van der Waals surface area contributed by atoms with Gasteiger partial charge in [0.05, 0.1) is 22.9 Å². The van der Waals surface area contributed by atoms with Gasteiger partial charge in [0.15, 0.2) is 11.5 Å². The maximum atomic E-state index is 13.1. The van der Waals surface area contributed by atoms with Crippen LogP contribution in [-0.2, 0) is 6.61 Å². The van der Waals surface area contributed by atoms with Crippen molar-refractivity contribution < 1.29 is 18.7 Å². The van der Waals surface area contributed by atoms with Crippen LogP contribution in [0.3, 0.4) is 0 Å². The number of carbonyl (C=O) groups is 1. The molecule has 0 heterocycles. The summed E-state index contributed by atoms with van der Waals surface area (Å²) in [5, 5.41) is 4.03. The van der Waals surface area contributed by atoms with Gasteiger partial charge in [-0.1, -0.05) is 24.3 Å². The maximum Gasteiger partial charge on any atom is 0.272 e. The fourth-order valence-corrected chi connectivity index (χ4v) is 3.71. The first-order chi connectivity index (χ1) is 15.0. The molecule has 0 atom stereocenters. The van der Waals surface area contributed by atoms with E-state index in [0.717, 1.165) is 5.56 Å². The third-order valence-corrected chi connectivity index (χ3v) is 5.41. The summed E-state index contributed by atoms with van der Waals surface area (Å²) in [5.74, 6) is 0.431. The van der Waals surface area contributed by atoms with Crippen LogP contribution in [-0.4, -0.2) is 18.7 Å². The molecule has 0 radical (unpaired) electrons. The zero-order chi connectivity index (χ0) is 22.2. The van der Waals surface area contributed by atoms with Gasteiger partial charge in [-0.15, -0.1) is 0 Å². The van der Waals surface area contributed by atoms with Crippen molar-refractivity contribution in [2.45, 2.75) is 13.5 Å². The number of hydrazone groups is 1. The Bertz CT molecular complexity index is 1090. The van der Waals surface area contributed by atoms with Gasteiger partial charge in [0.1, 0.15) is 12.4 Å². The highest BCUT2D eigenvalue weighted by Crippen LogP contribution is 2.37. The lowest BCUT2D eigenvalue weighted by atomic mass is 10.2. The molecule has 0 bridgehead atoms. The third-order valence-electron chi connectivity index (χ3n) is 4.13. The largest absolute Gasteiger partial charge is 0.490 e. The fraction of sp³-hybridized carbons (Fsp3) is 0.130. The third kappa shape index (κ3) is 6.38. The van der Waals surface area contributed by atoms with Crippen LogP contribution in [0.5, 0.6) is 11.5 Å². The number of benzene rings is 3. The van der Waals surface area contributed by atoms with E-state index in [9.17, 15) is 9.18 Å². The van der Waals surface area contributed by atoms with Gasteiger partial charge in [-0.25, -0.2) is 9.82 Å². The number of nitrogens with one attached hydrogen (secondary N) is 1. The lowest BCUT2D eigenvalue weighted by Gasteiger charge is -2.14. The smallest absolute Gasteiger partial charge is 0.272 e. The molecule has 0 fully saturated rings. The van der Waals surface area contributed by atoms with E-state index in [1.165, 1.54) is 18.3 Å². The molecule has 8 heteroatoms. The molecule has 0 saturated carbocycles.